The summed E-state index contributed by atoms with van der Waals surface area (Å²) in [6.07, 6.45) is 1.81. The first-order valence-electron chi connectivity index (χ1n) is 8.01. The van der Waals surface area contributed by atoms with Crippen LogP contribution in [-0.4, -0.2) is 63.7 Å². The van der Waals surface area contributed by atoms with Crippen LogP contribution in [-0.2, 0) is 0 Å². The van der Waals surface area contributed by atoms with Gasteiger partial charge in [0.1, 0.15) is 5.82 Å². The molecule has 0 spiro atoms. The third-order valence-electron chi connectivity index (χ3n) is 3.92. The first kappa shape index (κ1) is 17.3. The van der Waals surface area contributed by atoms with Crippen LogP contribution < -0.4 is 15.5 Å². The van der Waals surface area contributed by atoms with E-state index in [-0.39, 0.29) is 5.82 Å². The van der Waals surface area contributed by atoms with E-state index in [0.717, 1.165) is 50.9 Å². The third kappa shape index (κ3) is 5.56. The molecule has 2 rings (SSSR count). The molecule has 0 unspecified atom stereocenters. The van der Waals surface area contributed by atoms with Crippen LogP contribution in [0.25, 0.3) is 0 Å². The van der Waals surface area contributed by atoms with Gasteiger partial charge < -0.3 is 15.5 Å². The van der Waals surface area contributed by atoms with Gasteiger partial charge >= 0.3 is 0 Å². The Morgan fingerprint density at radius 1 is 1.22 bits per heavy atom. The van der Waals surface area contributed by atoms with E-state index in [1.807, 2.05) is 18.2 Å². The number of rotatable bonds is 6. The molecule has 0 aromatic heterocycles. The number of hydrogen-bond donors (Lipinski definition) is 2. The van der Waals surface area contributed by atoms with Crippen LogP contribution in [0.15, 0.2) is 41.9 Å². The summed E-state index contributed by atoms with van der Waals surface area (Å²) >= 11 is 0. The van der Waals surface area contributed by atoms with Crippen molar-refractivity contribution >= 4 is 11.6 Å². The summed E-state index contributed by atoms with van der Waals surface area (Å²) in [5, 5.41) is 6.45. The van der Waals surface area contributed by atoms with Gasteiger partial charge in [0, 0.05) is 58.5 Å². The summed E-state index contributed by atoms with van der Waals surface area (Å²) in [6, 6.07) is 6.74. The highest BCUT2D eigenvalue weighted by Gasteiger charge is 2.16. The smallest absolute Gasteiger partial charge is 0.191 e. The molecular weight excluding hydrogens is 293 g/mol. The van der Waals surface area contributed by atoms with Crippen LogP contribution in [0.4, 0.5) is 10.1 Å². The molecule has 1 aliphatic heterocycles. The zero-order chi connectivity index (χ0) is 16.5. The van der Waals surface area contributed by atoms with Gasteiger partial charge in [-0.15, -0.1) is 6.58 Å². The largest absolute Gasteiger partial charge is 0.369 e. The van der Waals surface area contributed by atoms with E-state index >= 15 is 0 Å². The minimum Gasteiger partial charge on any atom is -0.369 e. The first-order valence-corrected chi connectivity index (χ1v) is 8.01. The zero-order valence-electron chi connectivity index (χ0n) is 13.8. The quantitative estimate of drug-likeness (QED) is 0.471. The lowest BCUT2D eigenvalue weighted by atomic mass is 10.2. The predicted molar refractivity (Wildman–Crippen MR) is 94.6 cm³/mol. The zero-order valence-corrected chi connectivity index (χ0v) is 13.8. The summed E-state index contributed by atoms with van der Waals surface area (Å²) in [7, 11) is 1.76. The Bertz CT molecular complexity index is 506. The number of anilines is 1. The molecule has 1 aromatic carbocycles. The van der Waals surface area contributed by atoms with Crippen LogP contribution in [0.3, 0.4) is 0 Å². The van der Waals surface area contributed by atoms with Crippen LogP contribution in [0, 0.1) is 5.82 Å². The molecule has 1 fully saturated rings. The maximum atomic E-state index is 13.0. The van der Waals surface area contributed by atoms with Crippen molar-refractivity contribution in [1.82, 2.24) is 15.5 Å². The Balaban J connectivity index is 1.68. The number of guanidine groups is 1. The maximum Gasteiger partial charge on any atom is 0.191 e. The molecule has 1 aliphatic rings. The second-order valence-electron chi connectivity index (χ2n) is 5.47. The van der Waals surface area contributed by atoms with Crippen molar-refractivity contribution in [3.63, 3.8) is 0 Å². The highest BCUT2D eigenvalue weighted by molar-refractivity contribution is 5.79. The Morgan fingerprint density at radius 2 is 1.91 bits per heavy atom. The number of hydrogen-bond acceptors (Lipinski definition) is 3. The summed E-state index contributed by atoms with van der Waals surface area (Å²) in [5.74, 6) is 0.617. The van der Waals surface area contributed by atoms with Gasteiger partial charge in [-0.3, -0.25) is 9.89 Å². The topological polar surface area (TPSA) is 42.9 Å². The van der Waals surface area contributed by atoms with Gasteiger partial charge in [0.2, 0.25) is 0 Å². The van der Waals surface area contributed by atoms with Crippen LogP contribution >= 0.6 is 0 Å². The highest BCUT2D eigenvalue weighted by Crippen LogP contribution is 2.16. The van der Waals surface area contributed by atoms with Gasteiger partial charge in [-0.2, -0.15) is 0 Å². The normalized spacial score (nSPS) is 16.3. The molecule has 1 saturated heterocycles. The minimum atomic E-state index is -0.183. The second-order valence-corrected chi connectivity index (χ2v) is 5.47. The maximum absolute atomic E-state index is 13.0. The molecule has 1 aromatic rings. The van der Waals surface area contributed by atoms with E-state index in [0.29, 0.717) is 6.54 Å². The molecule has 5 nitrogen and oxygen atoms in total. The fourth-order valence-corrected chi connectivity index (χ4v) is 2.60. The molecular formula is C17H26FN5. The van der Waals surface area contributed by atoms with Gasteiger partial charge in [0.05, 0.1) is 0 Å². The lowest BCUT2D eigenvalue weighted by Crippen LogP contribution is -2.49. The molecule has 0 amide bonds. The molecule has 23 heavy (non-hydrogen) atoms. The van der Waals surface area contributed by atoms with E-state index in [1.165, 1.54) is 12.1 Å². The van der Waals surface area contributed by atoms with E-state index in [1.54, 1.807) is 7.05 Å². The minimum absolute atomic E-state index is 0.183. The molecule has 0 saturated carbocycles. The van der Waals surface area contributed by atoms with Crippen molar-refractivity contribution in [3.8, 4) is 0 Å². The Labute approximate surface area is 137 Å². The van der Waals surface area contributed by atoms with Crippen molar-refractivity contribution in [1.29, 1.82) is 0 Å². The second kappa shape index (κ2) is 9.15. The van der Waals surface area contributed by atoms with Crippen molar-refractivity contribution in [2.24, 2.45) is 4.99 Å². The van der Waals surface area contributed by atoms with E-state index in [9.17, 15) is 4.39 Å². The van der Waals surface area contributed by atoms with Gasteiger partial charge in [-0.25, -0.2) is 4.39 Å². The third-order valence-corrected chi connectivity index (χ3v) is 3.92. The fraction of sp³-hybridized carbons (Fsp3) is 0.471. The number of halogens is 1. The van der Waals surface area contributed by atoms with Crippen LogP contribution in [0.2, 0.25) is 0 Å². The molecule has 2 N–H and O–H groups in total. The average Bonchev–Trinajstić information content (AvgIpc) is 2.59. The van der Waals surface area contributed by atoms with E-state index in [4.69, 9.17) is 0 Å². The molecule has 1 heterocycles. The van der Waals surface area contributed by atoms with Gasteiger partial charge in [-0.05, 0) is 24.3 Å². The summed E-state index contributed by atoms with van der Waals surface area (Å²) in [6.45, 7) is 10.2. The molecule has 0 radical (unpaired) electrons. The fourth-order valence-electron chi connectivity index (χ4n) is 2.60. The summed E-state index contributed by atoms with van der Waals surface area (Å²) in [4.78, 5) is 8.88. The van der Waals surface area contributed by atoms with Gasteiger partial charge in [0.25, 0.3) is 0 Å². The SMILES string of the molecule is C=CCNC(=NC)NCCN1CCN(c2ccc(F)cc2)CC1. The number of nitrogens with one attached hydrogen (secondary N) is 2. The molecule has 126 valence electrons. The van der Waals surface area contributed by atoms with Gasteiger partial charge in [0.15, 0.2) is 5.96 Å². The standard InChI is InChI=1S/C17H26FN5/c1-3-8-20-17(19-2)21-9-10-22-11-13-23(14-12-22)16-6-4-15(18)5-7-16/h3-7H,1,8-14H2,2H3,(H2,19,20,21). The van der Waals surface area contributed by atoms with Gasteiger partial charge in [-0.1, -0.05) is 6.08 Å². The van der Waals surface area contributed by atoms with E-state index < -0.39 is 0 Å². The monoisotopic (exact) mass is 319 g/mol. The van der Waals surface area contributed by atoms with E-state index in [2.05, 4.69) is 32.0 Å². The van der Waals surface area contributed by atoms with Crippen molar-refractivity contribution in [2.45, 2.75) is 0 Å². The lowest BCUT2D eigenvalue weighted by Gasteiger charge is -2.36. The highest BCUT2D eigenvalue weighted by atomic mass is 19.1. The number of nitrogens with zero attached hydrogens (tertiary/aromatic N) is 3. The number of benzene rings is 1. The Morgan fingerprint density at radius 3 is 2.52 bits per heavy atom. The molecule has 6 heteroatoms. The predicted octanol–water partition coefficient (Wildman–Crippen LogP) is 1.30. The van der Waals surface area contributed by atoms with Crippen molar-refractivity contribution in [3.05, 3.63) is 42.7 Å². The Kier molecular flexibility index (Phi) is 6.87. The van der Waals surface area contributed by atoms with Crippen molar-refractivity contribution < 1.29 is 4.39 Å². The summed E-state index contributed by atoms with van der Waals surface area (Å²) in [5.41, 5.74) is 1.10. The lowest BCUT2D eigenvalue weighted by molar-refractivity contribution is 0.261. The van der Waals surface area contributed by atoms with Crippen LogP contribution in [0.1, 0.15) is 0 Å². The Hall–Kier alpha value is -2.08. The van der Waals surface area contributed by atoms with Crippen LogP contribution in [0.5, 0.6) is 0 Å². The molecule has 0 bridgehead atoms. The summed E-state index contributed by atoms with van der Waals surface area (Å²) < 4.78 is 13.0. The first-order chi connectivity index (χ1) is 11.2. The van der Waals surface area contributed by atoms with Crippen molar-refractivity contribution in [2.75, 3.05) is 57.8 Å². The molecule has 0 atom stereocenters. The number of piperazine rings is 1. The molecule has 0 aliphatic carbocycles. The average molecular weight is 319 g/mol. The number of aliphatic imine (C=N–C) groups is 1.